The molecule has 1 rings (SSSR count). The third-order valence-electron chi connectivity index (χ3n) is 2.60. The average Bonchev–Trinajstić information content (AvgIpc) is 2.48. The second-order valence-corrected chi connectivity index (χ2v) is 3.90. The second-order valence-electron chi connectivity index (χ2n) is 3.90. The molecule has 1 aromatic rings. The number of nitriles is 4. The van der Waals surface area contributed by atoms with Gasteiger partial charge < -0.3 is 0 Å². The monoisotopic (exact) mass is 260 g/mol. The van der Waals surface area contributed by atoms with Crippen LogP contribution < -0.4 is 0 Å². The second kappa shape index (κ2) is 6.50. The van der Waals surface area contributed by atoms with Gasteiger partial charge in [0, 0.05) is 5.56 Å². The van der Waals surface area contributed by atoms with Crippen molar-refractivity contribution in [3.05, 3.63) is 46.5 Å². The Kier molecular flexibility index (Phi) is 4.76. The quantitative estimate of drug-likeness (QED) is 0.469. The van der Waals surface area contributed by atoms with Gasteiger partial charge in [-0.2, -0.15) is 21.0 Å². The first-order valence-corrected chi connectivity index (χ1v) is 5.54. The Morgan fingerprint density at radius 1 is 1.00 bits per heavy atom. The number of rotatable bonds is 3. The van der Waals surface area contributed by atoms with Gasteiger partial charge in [-0.15, -0.1) is 0 Å². The summed E-state index contributed by atoms with van der Waals surface area (Å²) in [7, 11) is 0. The molecule has 0 spiro atoms. The SMILES string of the molecule is Cc1ccc(C(=O)C(=C(C#N)C#N)C(C#N)C#N)cc1. The van der Waals surface area contributed by atoms with Crippen molar-refractivity contribution in [2.24, 2.45) is 5.92 Å². The molecular formula is C15H8N4O. The molecule has 5 heteroatoms. The zero-order chi connectivity index (χ0) is 15.1. The third kappa shape index (κ3) is 2.88. The zero-order valence-corrected chi connectivity index (χ0v) is 10.6. The van der Waals surface area contributed by atoms with Crippen molar-refractivity contribution in [2.45, 2.75) is 6.92 Å². The van der Waals surface area contributed by atoms with Gasteiger partial charge in [-0.05, 0) is 6.92 Å². The van der Waals surface area contributed by atoms with E-state index in [1.165, 1.54) is 12.1 Å². The lowest BCUT2D eigenvalue weighted by Crippen LogP contribution is -2.13. The van der Waals surface area contributed by atoms with E-state index in [1.807, 2.05) is 6.92 Å². The molecule has 0 heterocycles. The van der Waals surface area contributed by atoms with Gasteiger partial charge in [0.15, 0.2) is 11.7 Å². The lowest BCUT2D eigenvalue weighted by atomic mass is 9.90. The summed E-state index contributed by atoms with van der Waals surface area (Å²) in [6, 6.07) is 12.8. The maximum atomic E-state index is 12.3. The molecule has 0 fully saturated rings. The van der Waals surface area contributed by atoms with E-state index < -0.39 is 17.3 Å². The molecule has 0 saturated heterocycles. The van der Waals surface area contributed by atoms with Crippen LogP contribution in [0.2, 0.25) is 0 Å². The van der Waals surface area contributed by atoms with E-state index in [0.29, 0.717) is 0 Å². The Bertz CT molecular complexity index is 701. The number of Topliss-reactive ketones (excluding diaryl/α,β-unsaturated/α-hetero) is 1. The summed E-state index contributed by atoms with van der Waals surface area (Å²) in [4.78, 5) is 12.3. The van der Waals surface area contributed by atoms with Gasteiger partial charge in [0.1, 0.15) is 17.7 Å². The standard InChI is InChI=1S/C15H8N4O/c1-10-2-4-11(5-3-10)15(20)14(12(6-16)7-17)13(8-18)9-19/h2-5,12H,1H3. The van der Waals surface area contributed by atoms with Gasteiger partial charge in [-0.25, -0.2) is 0 Å². The molecule has 0 aliphatic carbocycles. The predicted molar refractivity (Wildman–Crippen MR) is 68.5 cm³/mol. The van der Waals surface area contributed by atoms with Gasteiger partial charge >= 0.3 is 0 Å². The minimum atomic E-state index is -1.45. The number of hydrogen-bond donors (Lipinski definition) is 0. The molecule has 0 unspecified atom stereocenters. The zero-order valence-electron chi connectivity index (χ0n) is 10.6. The van der Waals surface area contributed by atoms with Crippen LogP contribution in [0, 0.1) is 58.2 Å². The fourth-order valence-corrected chi connectivity index (χ4v) is 1.55. The molecule has 94 valence electrons. The average molecular weight is 260 g/mol. The summed E-state index contributed by atoms with van der Waals surface area (Å²) < 4.78 is 0. The minimum Gasteiger partial charge on any atom is -0.289 e. The van der Waals surface area contributed by atoms with Crippen LogP contribution in [0.4, 0.5) is 0 Å². The number of nitrogens with zero attached hydrogens (tertiary/aromatic N) is 4. The van der Waals surface area contributed by atoms with Crippen LogP contribution >= 0.6 is 0 Å². The lowest BCUT2D eigenvalue weighted by molar-refractivity contribution is 0.102. The summed E-state index contributed by atoms with van der Waals surface area (Å²) in [6.07, 6.45) is 0. The maximum absolute atomic E-state index is 12.3. The van der Waals surface area contributed by atoms with Crippen LogP contribution in [0.25, 0.3) is 0 Å². The fourth-order valence-electron chi connectivity index (χ4n) is 1.55. The number of aryl methyl sites for hydroxylation is 1. The molecule has 20 heavy (non-hydrogen) atoms. The van der Waals surface area contributed by atoms with Crippen molar-refractivity contribution < 1.29 is 4.79 Å². The highest BCUT2D eigenvalue weighted by Crippen LogP contribution is 2.20. The molecule has 0 N–H and O–H groups in total. The summed E-state index contributed by atoms with van der Waals surface area (Å²) in [6.45, 7) is 1.84. The van der Waals surface area contributed by atoms with Crippen molar-refractivity contribution in [2.75, 3.05) is 0 Å². The van der Waals surface area contributed by atoms with E-state index in [9.17, 15) is 4.79 Å². The van der Waals surface area contributed by atoms with Gasteiger partial charge in [0.2, 0.25) is 0 Å². The smallest absolute Gasteiger partial charge is 0.193 e. The molecule has 0 saturated carbocycles. The first-order valence-electron chi connectivity index (χ1n) is 5.54. The van der Waals surface area contributed by atoms with E-state index in [4.69, 9.17) is 21.0 Å². The minimum absolute atomic E-state index is 0.226. The third-order valence-corrected chi connectivity index (χ3v) is 2.60. The largest absolute Gasteiger partial charge is 0.289 e. The van der Waals surface area contributed by atoms with Gasteiger partial charge in [-0.1, -0.05) is 29.8 Å². The van der Waals surface area contributed by atoms with Crippen LogP contribution in [0.5, 0.6) is 0 Å². The Hall–Kier alpha value is -3.41. The van der Waals surface area contributed by atoms with Crippen LogP contribution in [-0.4, -0.2) is 5.78 Å². The normalized spacial score (nSPS) is 8.70. The Morgan fingerprint density at radius 2 is 1.50 bits per heavy atom. The van der Waals surface area contributed by atoms with Crippen molar-refractivity contribution in [3.63, 3.8) is 0 Å². The number of carbonyl (C=O) groups excluding carboxylic acids is 1. The first kappa shape index (κ1) is 14.7. The van der Waals surface area contributed by atoms with Crippen LogP contribution in [0.15, 0.2) is 35.4 Å². The maximum Gasteiger partial charge on any atom is 0.193 e. The molecular weight excluding hydrogens is 252 g/mol. The van der Waals surface area contributed by atoms with E-state index in [1.54, 1.807) is 36.4 Å². The molecule has 0 radical (unpaired) electrons. The fraction of sp³-hybridized carbons (Fsp3) is 0.133. The van der Waals surface area contributed by atoms with E-state index in [2.05, 4.69) is 0 Å². The predicted octanol–water partition coefficient (Wildman–Crippen LogP) is 2.18. The number of benzene rings is 1. The van der Waals surface area contributed by atoms with Crippen LogP contribution in [0.3, 0.4) is 0 Å². The van der Waals surface area contributed by atoms with Gasteiger partial charge in [0.05, 0.1) is 17.7 Å². The van der Waals surface area contributed by atoms with E-state index in [-0.39, 0.29) is 11.1 Å². The lowest BCUT2D eigenvalue weighted by Gasteiger charge is -2.07. The molecule has 1 aromatic carbocycles. The van der Waals surface area contributed by atoms with E-state index >= 15 is 0 Å². The Morgan fingerprint density at radius 3 is 1.90 bits per heavy atom. The molecule has 5 nitrogen and oxygen atoms in total. The molecule has 0 amide bonds. The first-order chi connectivity index (χ1) is 9.58. The van der Waals surface area contributed by atoms with E-state index in [0.717, 1.165) is 5.56 Å². The Labute approximate surface area is 116 Å². The number of ketones is 1. The molecule has 0 atom stereocenters. The number of carbonyl (C=O) groups is 1. The molecule has 0 aromatic heterocycles. The summed E-state index contributed by atoms with van der Waals surface area (Å²) in [5.41, 5.74) is 0.279. The van der Waals surface area contributed by atoms with Gasteiger partial charge in [0.25, 0.3) is 0 Å². The molecule has 0 bridgehead atoms. The number of hydrogen-bond acceptors (Lipinski definition) is 5. The highest BCUT2D eigenvalue weighted by Gasteiger charge is 2.26. The Balaban J connectivity index is 3.46. The summed E-state index contributed by atoms with van der Waals surface area (Å²) in [5.74, 6) is -2.10. The van der Waals surface area contributed by atoms with Crippen LogP contribution in [-0.2, 0) is 0 Å². The van der Waals surface area contributed by atoms with Crippen molar-refractivity contribution in [3.8, 4) is 24.3 Å². The summed E-state index contributed by atoms with van der Waals surface area (Å²) in [5, 5.41) is 35.5. The van der Waals surface area contributed by atoms with Crippen molar-refractivity contribution in [1.29, 1.82) is 21.0 Å². The highest BCUT2D eigenvalue weighted by atomic mass is 16.1. The highest BCUT2D eigenvalue weighted by molar-refractivity contribution is 6.11. The van der Waals surface area contributed by atoms with Crippen LogP contribution in [0.1, 0.15) is 15.9 Å². The number of allylic oxidation sites excluding steroid dienone is 2. The molecule has 0 aliphatic rings. The van der Waals surface area contributed by atoms with Crippen molar-refractivity contribution >= 4 is 5.78 Å². The topological polar surface area (TPSA) is 112 Å². The summed E-state index contributed by atoms with van der Waals surface area (Å²) >= 11 is 0. The van der Waals surface area contributed by atoms with Crippen molar-refractivity contribution in [1.82, 2.24) is 0 Å². The molecule has 0 aliphatic heterocycles. The van der Waals surface area contributed by atoms with Gasteiger partial charge in [-0.3, -0.25) is 4.79 Å².